The zero-order valence-corrected chi connectivity index (χ0v) is 42.2. The van der Waals surface area contributed by atoms with Crippen molar-refractivity contribution in [3.63, 3.8) is 0 Å². The smallest absolute Gasteiger partial charge is 0.439 e. The molecule has 1 aliphatic rings. The molecule has 1 fully saturated rings. The van der Waals surface area contributed by atoms with Crippen molar-refractivity contribution in [2.24, 2.45) is 0 Å². The van der Waals surface area contributed by atoms with Crippen LogP contribution < -0.4 is 37.0 Å². The van der Waals surface area contributed by atoms with Crippen LogP contribution in [0.5, 0.6) is 0 Å². The maximum Gasteiger partial charge on any atom is 0.488 e. The van der Waals surface area contributed by atoms with Gasteiger partial charge in [0.25, 0.3) is 15.7 Å². The van der Waals surface area contributed by atoms with E-state index in [9.17, 15) is 51.6 Å². The van der Waals surface area contributed by atoms with Gasteiger partial charge in [0, 0.05) is 73.9 Å². The average molecular weight is 1110 g/mol. The number of rotatable bonds is 25. The second kappa shape index (κ2) is 23.9. The van der Waals surface area contributed by atoms with Gasteiger partial charge in [-0.15, -0.1) is 0 Å². The number of hydrogen-bond acceptors (Lipinski definition) is 20. The fraction of sp³-hybridized carbons (Fsp3) is 0.447. The summed E-state index contributed by atoms with van der Waals surface area (Å²) in [6.07, 6.45) is -1.10. The number of H-pyrrole nitrogens is 1. The number of hydrogen-bond donors (Lipinski definition) is 10. The summed E-state index contributed by atoms with van der Waals surface area (Å²) in [5.74, 6) is -1.00. The molecule has 0 bridgehead atoms. The molecule has 1 aromatic carbocycles. The quantitative estimate of drug-likeness (QED) is 0.0128. The Morgan fingerprint density at radius 3 is 2.43 bits per heavy atom. The molecule has 34 heteroatoms. The first-order valence-electron chi connectivity index (χ1n) is 21.6. The number of aryl methyl sites for hydroxylation is 1. The Bertz CT molecular complexity index is 3140. The predicted molar refractivity (Wildman–Crippen MR) is 256 cm³/mol. The molecule has 2 amide bonds. The first-order chi connectivity index (χ1) is 33.8. The molecule has 29 nitrogen and oxygen atoms in total. The average Bonchev–Trinajstić information content (AvgIpc) is 3.83. The second-order valence-corrected chi connectivity index (χ2v) is 23.3. The number of carbonyl (C=O) groups is 2. The van der Waals surface area contributed by atoms with E-state index in [4.69, 9.17) is 34.0 Å². The molecule has 0 saturated carbocycles. The number of fused-ring (bicyclic) bond motifs is 2. The first-order valence-corrected chi connectivity index (χ1v) is 28.9. The standard InChI is InChI=1S/C38H50N9O20P3S2/c1-2-46(25-9-8-24-19-26(36(51)64-27(24)20-25)23-10-16-45(17-11-23)14-6-18-72(59,60)61)15-5-3-4-7-29(48)40-12-13-41-38(52)65-32-31(49)28(21-62-68(53,54)66-69(55,56)67-70(57,58)71)63-35(32)47-22-42-30-33(47)43-37(39)44-34(30)50/h8-11,16-17,19-20,22,28,31-32,35,49H,2-7,12-15,18,21H2,1H3,(H9-,39,40,41,43,44,48,50,52,53,54,55,56,57,58,59,60,61,71)/p+1/t28-,31-,32-,35-/m1/s1. The van der Waals surface area contributed by atoms with Crippen molar-refractivity contribution in [3.8, 4) is 11.1 Å². The number of nitrogens with two attached hydrogens (primary N) is 1. The number of pyridine rings is 1. The number of imidazole rings is 1. The topological polar surface area (TPSA) is 421 Å². The first kappa shape index (κ1) is 56.2. The van der Waals surface area contributed by atoms with Crippen LogP contribution in [-0.4, -0.2) is 126 Å². The van der Waals surface area contributed by atoms with E-state index in [-0.39, 0.29) is 54.7 Å². The van der Waals surface area contributed by atoms with Crippen LogP contribution in [0.25, 0.3) is 33.3 Å². The van der Waals surface area contributed by atoms with Crippen molar-refractivity contribution in [1.29, 1.82) is 0 Å². The van der Waals surface area contributed by atoms with Gasteiger partial charge in [0.2, 0.25) is 11.9 Å². The highest BCUT2D eigenvalue weighted by Crippen LogP contribution is 2.66. The van der Waals surface area contributed by atoms with E-state index in [0.717, 1.165) is 23.0 Å². The van der Waals surface area contributed by atoms with E-state index >= 15 is 0 Å². The van der Waals surface area contributed by atoms with Gasteiger partial charge in [0.05, 0.1) is 24.3 Å². The number of aliphatic hydroxyl groups is 1. The lowest BCUT2D eigenvalue weighted by molar-refractivity contribution is -0.696. The zero-order valence-electron chi connectivity index (χ0n) is 37.9. The van der Waals surface area contributed by atoms with Gasteiger partial charge in [0.15, 0.2) is 35.9 Å². The van der Waals surface area contributed by atoms with Gasteiger partial charge >= 0.3 is 34.1 Å². The van der Waals surface area contributed by atoms with Gasteiger partial charge in [-0.1, -0.05) is 6.42 Å². The Morgan fingerprint density at radius 1 is 1.01 bits per heavy atom. The normalized spacial score (nSPS) is 18.9. The Morgan fingerprint density at radius 2 is 1.74 bits per heavy atom. The van der Waals surface area contributed by atoms with Crippen molar-refractivity contribution in [2.75, 3.05) is 49.2 Å². The molecule has 4 aromatic heterocycles. The van der Waals surface area contributed by atoms with Crippen molar-refractivity contribution in [3.05, 3.63) is 75.9 Å². The van der Waals surface area contributed by atoms with E-state index in [2.05, 4.69) is 55.4 Å². The maximum absolute atomic E-state index is 13.0. The Labute approximate surface area is 413 Å². The molecule has 0 spiro atoms. The third kappa shape index (κ3) is 16.0. The number of benzene rings is 1. The molecule has 0 aliphatic carbocycles. The fourth-order valence-electron chi connectivity index (χ4n) is 7.38. The van der Waals surface area contributed by atoms with Crippen molar-refractivity contribution < 1.29 is 88.0 Å². The van der Waals surface area contributed by atoms with Gasteiger partial charge in [-0.05, 0) is 49.8 Å². The molecule has 0 radical (unpaired) electrons. The molecule has 6 rings (SSSR count). The van der Waals surface area contributed by atoms with E-state index in [1.165, 1.54) is 0 Å². The number of anilines is 2. The molecule has 1 aliphatic heterocycles. The summed E-state index contributed by atoms with van der Waals surface area (Å²) in [5, 5.41) is 17.0. The van der Waals surface area contributed by atoms with Crippen molar-refractivity contribution in [2.45, 2.75) is 70.1 Å². The number of nitrogen functional groups attached to an aromatic ring is 1. The summed E-state index contributed by atoms with van der Waals surface area (Å²) in [6.45, 7) is -2.48. The number of nitrogens with one attached hydrogen (secondary N) is 3. The lowest BCUT2D eigenvalue weighted by Crippen LogP contribution is -2.41. The zero-order chi connectivity index (χ0) is 52.6. The summed E-state index contributed by atoms with van der Waals surface area (Å²) >= 11 is 4.06. The molecule has 72 heavy (non-hydrogen) atoms. The Balaban J connectivity index is 0.951. The van der Waals surface area contributed by atoms with Gasteiger partial charge in [-0.25, -0.2) is 32.6 Å². The van der Waals surface area contributed by atoms with Gasteiger partial charge in [-0.3, -0.25) is 28.2 Å². The third-order valence-corrected chi connectivity index (χ3v) is 15.8. The van der Waals surface area contributed by atoms with Crippen LogP contribution in [-0.2, 0) is 65.0 Å². The molecular weight excluding hydrogens is 1060 g/mol. The van der Waals surface area contributed by atoms with E-state index < -0.39 is 80.9 Å². The lowest BCUT2D eigenvalue weighted by Gasteiger charge is -2.23. The number of nitrogens with zero attached hydrogens (tertiary/aromatic N) is 5. The summed E-state index contributed by atoms with van der Waals surface area (Å²) in [5.41, 5.74) is 6.19. The van der Waals surface area contributed by atoms with Gasteiger partial charge in [-0.2, -0.15) is 17.7 Å². The monoisotopic (exact) mass is 1110 g/mol. The predicted octanol–water partition coefficient (Wildman–Crippen LogP) is 1.06. The van der Waals surface area contributed by atoms with Crippen LogP contribution in [0.1, 0.15) is 45.3 Å². The molecule has 2 unspecified atom stereocenters. The number of phosphoric ester groups is 1. The maximum atomic E-state index is 13.0. The minimum Gasteiger partial charge on any atom is -0.439 e. The largest absolute Gasteiger partial charge is 0.488 e. The number of aromatic amines is 1. The van der Waals surface area contributed by atoms with Crippen LogP contribution in [0.3, 0.4) is 0 Å². The summed E-state index contributed by atoms with van der Waals surface area (Å²) < 4.78 is 87.5. The lowest BCUT2D eigenvalue weighted by atomic mass is 10.1. The minimum atomic E-state index is -5.68. The number of aromatic nitrogens is 5. The molecule has 11 N–H and O–H groups in total. The van der Waals surface area contributed by atoms with Gasteiger partial charge < -0.3 is 59.8 Å². The number of alkyl carbamates (subject to hydrolysis) is 1. The van der Waals surface area contributed by atoms with E-state index in [1.54, 1.807) is 41.2 Å². The van der Waals surface area contributed by atoms with E-state index in [1.807, 2.05) is 19.1 Å². The number of ether oxygens (including phenoxy) is 2. The molecule has 5 aromatic rings. The van der Waals surface area contributed by atoms with Crippen LogP contribution in [0.15, 0.2) is 69.1 Å². The molecule has 6 atom stereocenters. The summed E-state index contributed by atoms with van der Waals surface area (Å²) in [7, 11) is -15.3. The van der Waals surface area contributed by atoms with Crippen LogP contribution in [0.2, 0.25) is 0 Å². The fourth-order valence-corrected chi connectivity index (χ4v) is 11.7. The van der Waals surface area contributed by atoms with Crippen molar-refractivity contribution in [1.82, 2.24) is 30.2 Å². The second-order valence-electron chi connectivity index (χ2n) is 15.9. The van der Waals surface area contributed by atoms with Crippen LogP contribution >= 0.6 is 22.4 Å². The minimum absolute atomic E-state index is 0.0302. The number of aliphatic hydroxyl groups excluding tert-OH is 1. The number of carbonyl (C=O) groups excluding carboxylic acids is 2. The molecular formula is C38H51N9O20P3S2+. The highest BCUT2D eigenvalue weighted by Gasteiger charge is 2.49. The Kier molecular flexibility index (Phi) is 18.6. The Hall–Kier alpha value is -5.07. The highest BCUT2D eigenvalue weighted by molar-refractivity contribution is 8.08. The SMILES string of the molecule is CCN(CCCCCC(=O)NCCNC(=O)O[C@@H]1[C@H](O)[C@@H](COP(=O)(O)OP(=O)(O)OP(O)(O)=S)O[C@H]1n1cnc2c(=O)[nH]c(N)nc21)c1ccc2cc(-c3cc[n+](CCCS(=O)(=O)O)cc3)c(=O)oc2c1. The number of unbranched alkanes of at least 4 members (excludes halogenated alkanes) is 2. The van der Waals surface area contributed by atoms with Gasteiger partial charge in [0.1, 0.15) is 24.3 Å². The third-order valence-electron chi connectivity index (χ3n) is 10.6. The van der Waals surface area contributed by atoms with Crippen LogP contribution in [0, 0.1) is 0 Å². The molecule has 5 heterocycles. The highest BCUT2D eigenvalue weighted by atomic mass is 32.5. The summed E-state index contributed by atoms with van der Waals surface area (Å²) in [4.78, 5) is 101. The van der Waals surface area contributed by atoms with Crippen LogP contribution in [0.4, 0.5) is 16.4 Å². The van der Waals surface area contributed by atoms with Crippen molar-refractivity contribution >= 4 is 90.1 Å². The summed E-state index contributed by atoms with van der Waals surface area (Å²) in [6, 6.07) is 10.8. The molecule has 1 saturated heterocycles. The molecule has 394 valence electrons. The number of amides is 2. The van der Waals surface area contributed by atoms with E-state index in [0.29, 0.717) is 54.6 Å². The number of phosphoric acid groups is 2.